The number of amides is 1. The second kappa shape index (κ2) is 5.60. The van der Waals surface area contributed by atoms with E-state index < -0.39 is 11.9 Å². The highest BCUT2D eigenvalue weighted by atomic mass is 19.4. The average Bonchev–Trinajstić information content (AvgIpc) is 2.88. The molecule has 0 radical (unpaired) electrons. The van der Waals surface area contributed by atoms with Crippen molar-refractivity contribution in [2.45, 2.75) is 25.7 Å². The van der Waals surface area contributed by atoms with Crippen LogP contribution in [0, 0.1) is 17.8 Å². The van der Waals surface area contributed by atoms with Crippen LogP contribution in [-0.2, 0) is 10.3 Å². The van der Waals surface area contributed by atoms with Crippen LogP contribution in [0.5, 0.6) is 5.75 Å². The van der Waals surface area contributed by atoms with Crippen LogP contribution in [0.4, 0.5) is 13.2 Å². The summed E-state index contributed by atoms with van der Waals surface area (Å²) in [7, 11) is 0. The molecule has 2 aromatic rings. The van der Waals surface area contributed by atoms with Gasteiger partial charge in [-0.05, 0) is 50.9 Å². The maximum atomic E-state index is 12.6. The second-order valence-corrected chi connectivity index (χ2v) is 7.38. The highest BCUT2D eigenvalue weighted by Gasteiger charge is 2.57. The zero-order valence-electron chi connectivity index (χ0n) is 14.3. The predicted molar refractivity (Wildman–Crippen MR) is 86.4 cm³/mol. The van der Waals surface area contributed by atoms with E-state index in [1.165, 1.54) is 22.7 Å². The number of hydrogen-bond donors (Lipinski definition) is 2. The van der Waals surface area contributed by atoms with Crippen molar-refractivity contribution in [1.29, 1.82) is 0 Å². The van der Waals surface area contributed by atoms with Crippen LogP contribution in [0.3, 0.4) is 0 Å². The van der Waals surface area contributed by atoms with Crippen LogP contribution in [0.15, 0.2) is 24.5 Å². The fraction of sp³-hybridized carbons (Fsp3) is 0.529. The minimum absolute atomic E-state index is 0.00544. The second-order valence-electron chi connectivity index (χ2n) is 7.38. The molecule has 1 saturated heterocycles. The molecular weight excluding hydrogens is 349 g/mol. The van der Waals surface area contributed by atoms with Gasteiger partial charge >= 0.3 is 6.36 Å². The zero-order chi connectivity index (χ0) is 18.7. The number of hydrogen-bond acceptors (Lipinski definition) is 4. The Bertz CT molecular complexity index is 851. The van der Waals surface area contributed by atoms with E-state index in [1.54, 1.807) is 20.0 Å². The lowest BCUT2D eigenvalue weighted by atomic mass is 10.0. The number of ether oxygens (including phenoxy) is 1. The molecule has 0 spiro atoms. The van der Waals surface area contributed by atoms with Gasteiger partial charge < -0.3 is 15.4 Å². The van der Waals surface area contributed by atoms with E-state index in [9.17, 15) is 18.0 Å². The number of pyridine rings is 1. The van der Waals surface area contributed by atoms with Crippen LogP contribution < -0.4 is 15.4 Å². The number of carbonyl (C=O) groups is 1. The van der Waals surface area contributed by atoms with E-state index >= 15 is 0 Å². The van der Waals surface area contributed by atoms with Crippen LogP contribution >= 0.6 is 0 Å². The van der Waals surface area contributed by atoms with Crippen molar-refractivity contribution >= 4 is 11.4 Å². The topological polar surface area (TPSA) is 67.7 Å². The standard InChI is InChI=1S/C17H19F3N4O2/c1-16(2,23-14(25)13-9-6-21-7-10(9)13)15-22-8-11-12(26-17(18,19)20)4-3-5-24(11)15/h3-5,8-10,13,21H,6-7H2,1-2H3,(H,23,25)/t9-,10+,13?. The van der Waals surface area contributed by atoms with E-state index in [-0.39, 0.29) is 23.1 Å². The van der Waals surface area contributed by atoms with Gasteiger partial charge in [-0.1, -0.05) is 0 Å². The van der Waals surface area contributed by atoms with Crippen molar-refractivity contribution < 1.29 is 22.7 Å². The largest absolute Gasteiger partial charge is 0.573 e. The Labute approximate surface area is 147 Å². The number of rotatable bonds is 4. The summed E-state index contributed by atoms with van der Waals surface area (Å²) in [6.07, 6.45) is -1.86. The number of fused-ring (bicyclic) bond motifs is 2. The third-order valence-corrected chi connectivity index (χ3v) is 5.15. The quantitative estimate of drug-likeness (QED) is 0.867. The lowest BCUT2D eigenvalue weighted by Crippen LogP contribution is -2.44. The minimum Gasteiger partial charge on any atom is -0.403 e. The summed E-state index contributed by atoms with van der Waals surface area (Å²) in [5.74, 6) is 0.849. The molecule has 6 nitrogen and oxygen atoms in total. The molecule has 1 saturated carbocycles. The molecule has 2 aromatic heterocycles. The molecule has 9 heteroatoms. The first kappa shape index (κ1) is 17.1. The monoisotopic (exact) mass is 368 g/mol. The molecule has 140 valence electrons. The van der Waals surface area contributed by atoms with Gasteiger partial charge in [-0.2, -0.15) is 0 Å². The van der Waals surface area contributed by atoms with Crippen molar-refractivity contribution in [3.63, 3.8) is 0 Å². The molecule has 0 aromatic carbocycles. The Morgan fingerprint density at radius 2 is 2.04 bits per heavy atom. The van der Waals surface area contributed by atoms with Gasteiger partial charge in [-0.15, -0.1) is 13.2 Å². The Balaban J connectivity index is 1.59. The fourth-order valence-corrected chi connectivity index (χ4v) is 3.92. The van der Waals surface area contributed by atoms with Gasteiger partial charge in [-0.3, -0.25) is 9.20 Å². The van der Waals surface area contributed by atoms with Gasteiger partial charge in [-0.25, -0.2) is 4.98 Å². The maximum Gasteiger partial charge on any atom is 0.573 e. The minimum atomic E-state index is -4.78. The van der Waals surface area contributed by atoms with Gasteiger partial charge in [0.1, 0.15) is 11.3 Å². The first-order valence-corrected chi connectivity index (χ1v) is 8.42. The smallest absolute Gasteiger partial charge is 0.403 e. The number of alkyl halides is 3. The van der Waals surface area contributed by atoms with E-state index in [0.29, 0.717) is 17.7 Å². The molecule has 1 unspecified atom stereocenters. The van der Waals surface area contributed by atoms with Crippen molar-refractivity contribution in [1.82, 2.24) is 20.0 Å². The zero-order valence-corrected chi connectivity index (χ0v) is 14.3. The summed E-state index contributed by atoms with van der Waals surface area (Å²) in [4.78, 5) is 16.8. The summed E-state index contributed by atoms with van der Waals surface area (Å²) in [6, 6.07) is 2.69. The van der Waals surface area contributed by atoms with Crippen molar-refractivity contribution in [3.8, 4) is 5.75 Å². The molecule has 0 bridgehead atoms. The van der Waals surface area contributed by atoms with Crippen LogP contribution in [0.1, 0.15) is 19.7 Å². The summed E-state index contributed by atoms with van der Waals surface area (Å²) < 4.78 is 43.3. The number of halogens is 3. The molecule has 3 heterocycles. The van der Waals surface area contributed by atoms with E-state index in [1.807, 2.05) is 0 Å². The van der Waals surface area contributed by atoms with E-state index in [4.69, 9.17) is 0 Å². The number of piperidine rings is 1. The molecule has 4 rings (SSSR count). The van der Waals surface area contributed by atoms with E-state index in [2.05, 4.69) is 20.4 Å². The van der Waals surface area contributed by atoms with Gasteiger partial charge in [0.2, 0.25) is 5.91 Å². The molecule has 2 aliphatic rings. The third kappa shape index (κ3) is 2.90. The number of carbonyl (C=O) groups excluding carboxylic acids is 1. The molecule has 1 aliphatic heterocycles. The Morgan fingerprint density at radius 3 is 2.69 bits per heavy atom. The summed E-state index contributed by atoms with van der Waals surface area (Å²) in [5.41, 5.74) is -0.653. The third-order valence-electron chi connectivity index (χ3n) is 5.15. The van der Waals surface area contributed by atoms with Crippen molar-refractivity contribution in [2.24, 2.45) is 17.8 Å². The fourth-order valence-electron chi connectivity index (χ4n) is 3.92. The predicted octanol–water partition coefficient (Wildman–Crippen LogP) is 2.05. The first-order valence-electron chi connectivity index (χ1n) is 8.42. The molecule has 1 amide bonds. The lowest BCUT2D eigenvalue weighted by Gasteiger charge is -2.26. The molecule has 1 aliphatic carbocycles. The van der Waals surface area contributed by atoms with Crippen molar-refractivity contribution in [3.05, 3.63) is 30.4 Å². The van der Waals surface area contributed by atoms with E-state index in [0.717, 1.165) is 13.1 Å². The molecule has 26 heavy (non-hydrogen) atoms. The molecular formula is C17H19F3N4O2. The number of nitrogens with one attached hydrogen (secondary N) is 2. The summed E-state index contributed by atoms with van der Waals surface area (Å²) in [6.45, 7) is 5.28. The van der Waals surface area contributed by atoms with Crippen LogP contribution in [0.2, 0.25) is 0 Å². The molecule has 3 atom stereocenters. The summed E-state index contributed by atoms with van der Waals surface area (Å²) >= 11 is 0. The van der Waals surface area contributed by atoms with Gasteiger partial charge in [0.05, 0.1) is 11.7 Å². The highest BCUT2D eigenvalue weighted by molar-refractivity contribution is 5.83. The van der Waals surface area contributed by atoms with Crippen LogP contribution in [0.25, 0.3) is 5.52 Å². The molecule has 2 fully saturated rings. The maximum absolute atomic E-state index is 12.6. The van der Waals surface area contributed by atoms with Crippen LogP contribution in [-0.4, -0.2) is 34.7 Å². The summed E-state index contributed by atoms with van der Waals surface area (Å²) in [5, 5.41) is 6.24. The SMILES string of the molecule is CC(C)(NC(=O)C1[C@H]2CNC[C@@H]12)c1ncc2c(OC(F)(F)F)cccn12. The normalized spacial score (nSPS) is 25.2. The van der Waals surface area contributed by atoms with Gasteiger partial charge in [0.15, 0.2) is 5.75 Å². The number of aromatic nitrogens is 2. The van der Waals surface area contributed by atoms with Crippen molar-refractivity contribution in [2.75, 3.05) is 13.1 Å². The van der Waals surface area contributed by atoms with Gasteiger partial charge in [0, 0.05) is 12.1 Å². The van der Waals surface area contributed by atoms with Gasteiger partial charge in [0.25, 0.3) is 0 Å². The Kier molecular flexibility index (Phi) is 3.69. The number of imidazole rings is 1. The Morgan fingerprint density at radius 1 is 1.35 bits per heavy atom. The average molecular weight is 368 g/mol. The first-order chi connectivity index (χ1) is 12.2. The molecule has 2 N–H and O–H groups in total. The lowest BCUT2D eigenvalue weighted by molar-refractivity contribution is -0.274. The Hall–Kier alpha value is -2.29. The number of nitrogens with zero attached hydrogens (tertiary/aromatic N) is 2. The highest BCUT2D eigenvalue weighted by Crippen LogP contribution is 2.49.